The summed E-state index contributed by atoms with van der Waals surface area (Å²) in [7, 11) is 0. The molecular weight excluding hydrogens is 310 g/mol. The number of hydrogen-bond donors (Lipinski definition) is 2. The van der Waals surface area contributed by atoms with Gasteiger partial charge < -0.3 is 15.5 Å². The lowest BCUT2D eigenvalue weighted by Crippen LogP contribution is -2.26. The van der Waals surface area contributed by atoms with Crippen molar-refractivity contribution in [3.63, 3.8) is 0 Å². The zero-order chi connectivity index (χ0) is 17.1. The predicted octanol–water partition coefficient (Wildman–Crippen LogP) is 1.05. The highest BCUT2D eigenvalue weighted by atomic mass is 16.3. The first-order valence-corrected chi connectivity index (χ1v) is 7.14. The molecule has 0 saturated heterocycles. The van der Waals surface area contributed by atoms with Crippen LogP contribution in [0.2, 0.25) is 0 Å². The molecule has 24 heavy (non-hydrogen) atoms. The molecule has 0 spiro atoms. The summed E-state index contributed by atoms with van der Waals surface area (Å²) in [5.74, 6) is -0.124. The van der Waals surface area contributed by atoms with E-state index < -0.39 is 5.91 Å². The summed E-state index contributed by atoms with van der Waals surface area (Å²) in [4.78, 5) is 32.8. The molecule has 122 valence electrons. The topological polar surface area (TPSA) is 133 Å². The number of aromatic nitrogens is 5. The number of rotatable bonds is 4. The van der Waals surface area contributed by atoms with Gasteiger partial charge in [0.2, 0.25) is 5.89 Å². The number of carbonyl (C=O) groups is 1. The van der Waals surface area contributed by atoms with Crippen molar-refractivity contribution in [3.8, 4) is 11.6 Å². The van der Waals surface area contributed by atoms with E-state index in [0.717, 1.165) is 11.3 Å². The van der Waals surface area contributed by atoms with Crippen molar-refractivity contribution in [2.75, 3.05) is 5.73 Å². The normalized spacial score (nSPS) is 10.6. The van der Waals surface area contributed by atoms with E-state index in [1.807, 2.05) is 6.92 Å². The minimum atomic E-state index is -0.430. The highest BCUT2D eigenvalue weighted by Crippen LogP contribution is 2.20. The Morgan fingerprint density at radius 3 is 2.83 bits per heavy atom. The van der Waals surface area contributed by atoms with E-state index >= 15 is 0 Å². The third-order valence-corrected chi connectivity index (χ3v) is 3.37. The number of nitrogens with zero attached hydrogens (tertiary/aromatic N) is 5. The molecule has 3 N–H and O–H groups in total. The fourth-order valence-electron chi connectivity index (χ4n) is 2.10. The van der Waals surface area contributed by atoms with Gasteiger partial charge in [0, 0.05) is 6.20 Å². The molecule has 0 bridgehead atoms. The van der Waals surface area contributed by atoms with E-state index in [2.05, 4.69) is 30.2 Å². The summed E-state index contributed by atoms with van der Waals surface area (Å²) < 4.78 is 5.19. The first-order chi connectivity index (χ1) is 11.6. The number of nitrogen functional groups attached to an aromatic ring is 1. The van der Waals surface area contributed by atoms with Crippen LogP contribution in [0.5, 0.6) is 0 Å². The lowest BCUT2D eigenvalue weighted by atomic mass is 10.2. The van der Waals surface area contributed by atoms with Gasteiger partial charge in [-0.2, -0.15) is 0 Å². The Hall–Kier alpha value is -3.36. The number of oxazole rings is 1. The van der Waals surface area contributed by atoms with Crippen LogP contribution in [-0.2, 0) is 6.54 Å². The van der Waals surface area contributed by atoms with Gasteiger partial charge in [0.1, 0.15) is 18.3 Å². The summed E-state index contributed by atoms with van der Waals surface area (Å²) in [5.41, 5.74) is 8.42. The maximum Gasteiger partial charge on any atom is 0.274 e. The van der Waals surface area contributed by atoms with Gasteiger partial charge in [-0.15, -0.1) is 0 Å². The highest BCUT2D eigenvalue weighted by molar-refractivity contribution is 5.96. The third kappa shape index (κ3) is 3.05. The molecule has 3 aromatic rings. The average Bonchev–Trinajstić information content (AvgIpc) is 3.10. The Balaban J connectivity index is 1.80. The number of aryl methyl sites for hydroxylation is 2. The molecule has 0 radical (unpaired) electrons. The van der Waals surface area contributed by atoms with E-state index in [0.29, 0.717) is 17.3 Å². The van der Waals surface area contributed by atoms with E-state index in [4.69, 9.17) is 10.2 Å². The third-order valence-electron chi connectivity index (χ3n) is 3.37. The Morgan fingerprint density at radius 2 is 2.12 bits per heavy atom. The molecule has 0 aliphatic heterocycles. The van der Waals surface area contributed by atoms with Crippen LogP contribution in [0, 0.1) is 13.8 Å². The van der Waals surface area contributed by atoms with Gasteiger partial charge in [0.25, 0.3) is 5.91 Å². The van der Waals surface area contributed by atoms with Gasteiger partial charge >= 0.3 is 0 Å². The lowest BCUT2D eigenvalue weighted by Gasteiger charge is -2.09. The minimum Gasteiger partial charge on any atom is -0.443 e. The number of nitrogens with one attached hydrogen (secondary N) is 1. The summed E-state index contributed by atoms with van der Waals surface area (Å²) >= 11 is 0. The van der Waals surface area contributed by atoms with Gasteiger partial charge in [-0.25, -0.2) is 24.9 Å². The van der Waals surface area contributed by atoms with Gasteiger partial charge in [0.15, 0.2) is 11.5 Å². The number of carbonyl (C=O) groups excluding carboxylic acids is 1. The second-order valence-electron chi connectivity index (χ2n) is 5.06. The first-order valence-electron chi connectivity index (χ1n) is 7.14. The summed E-state index contributed by atoms with van der Waals surface area (Å²) in [6.07, 6.45) is 6.03. The summed E-state index contributed by atoms with van der Waals surface area (Å²) in [5, 5.41) is 2.73. The molecule has 3 rings (SSSR count). The summed E-state index contributed by atoms with van der Waals surface area (Å²) in [6.45, 7) is 3.82. The van der Waals surface area contributed by atoms with Crippen LogP contribution >= 0.6 is 0 Å². The second-order valence-corrected chi connectivity index (χ2v) is 5.06. The van der Waals surface area contributed by atoms with Crippen molar-refractivity contribution in [2.45, 2.75) is 20.4 Å². The van der Waals surface area contributed by atoms with Crippen molar-refractivity contribution in [1.82, 2.24) is 30.2 Å². The van der Waals surface area contributed by atoms with E-state index in [-0.39, 0.29) is 18.1 Å². The molecular formula is C15H15N7O2. The molecule has 0 aliphatic carbocycles. The molecule has 0 aliphatic rings. The Kier molecular flexibility index (Phi) is 4.15. The maximum atomic E-state index is 12.3. The Labute approximate surface area is 137 Å². The van der Waals surface area contributed by atoms with Gasteiger partial charge in [-0.05, 0) is 19.4 Å². The molecule has 9 heteroatoms. The number of anilines is 1. The second kappa shape index (κ2) is 6.41. The number of nitrogens with two attached hydrogens (primary N) is 1. The highest BCUT2D eigenvalue weighted by Gasteiger charge is 2.18. The smallest absolute Gasteiger partial charge is 0.274 e. The standard InChI is InChI=1S/C15H15N7O2/c1-8-5-17-7-20-10(8)6-19-14(23)12-13(16)22-11(9(2)21-12)15-18-3-4-24-15/h3-5,7H,6H2,1-2H3,(H2,16,22)(H,19,23). The molecule has 1 amide bonds. The van der Waals surface area contributed by atoms with Crippen LogP contribution in [0.25, 0.3) is 11.6 Å². The first kappa shape index (κ1) is 15.5. The van der Waals surface area contributed by atoms with Crippen molar-refractivity contribution < 1.29 is 9.21 Å². The molecule has 0 unspecified atom stereocenters. The molecule has 0 saturated carbocycles. The quantitative estimate of drug-likeness (QED) is 0.727. The average molecular weight is 325 g/mol. The fourth-order valence-corrected chi connectivity index (χ4v) is 2.10. The van der Waals surface area contributed by atoms with E-state index in [1.165, 1.54) is 18.8 Å². The van der Waals surface area contributed by atoms with Crippen LogP contribution < -0.4 is 11.1 Å². The zero-order valence-electron chi connectivity index (χ0n) is 13.1. The predicted molar refractivity (Wildman–Crippen MR) is 84.6 cm³/mol. The van der Waals surface area contributed by atoms with Crippen LogP contribution in [0.3, 0.4) is 0 Å². The zero-order valence-corrected chi connectivity index (χ0v) is 13.1. The SMILES string of the molecule is Cc1cncnc1CNC(=O)c1nc(C)c(-c2ncco2)nc1N. The van der Waals surface area contributed by atoms with Crippen molar-refractivity contribution >= 4 is 11.7 Å². The minimum absolute atomic E-state index is 0.00529. The summed E-state index contributed by atoms with van der Waals surface area (Å²) in [6, 6.07) is 0. The van der Waals surface area contributed by atoms with Crippen molar-refractivity contribution in [2.24, 2.45) is 0 Å². The molecule has 9 nitrogen and oxygen atoms in total. The number of hydrogen-bond acceptors (Lipinski definition) is 8. The molecule has 3 aromatic heterocycles. The molecule has 0 atom stereocenters. The van der Waals surface area contributed by atoms with E-state index in [1.54, 1.807) is 13.1 Å². The van der Waals surface area contributed by atoms with Crippen LogP contribution in [-0.4, -0.2) is 30.8 Å². The Morgan fingerprint density at radius 1 is 1.29 bits per heavy atom. The maximum absolute atomic E-state index is 12.3. The molecule has 0 fully saturated rings. The van der Waals surface area contributed by atoms with Crippen LogP contribution in [0.1, 0.15) is 27.4 Å². The van der Waals surface area contributed by atoms with Gasteiger partial charge in [0.05, 0.1) is 24.1 Å². The lowest BCUT2D eigenvalue weighted by molar-refractivity contribution is 0.0946. The van der Waals surface area contributed by atoms with Crippen molar-refractivity contribution in [3.05, 3.63) is 47.6 Å². The molecule has 3 heterocycles. The fraction of sp³-hybridized carbons (Fsp3) is 0.200. The molecule has 0 aromatic carbocycles. The van der Waals surface area contributed by atoms with Crippen molar-refractivity contribution in [1.29, 1.82) is 0 Å². The van der Waals surface area contributed by atoms with Crippen LogP contribution in [0.15, 0.2) is 29.4 Å². The monoisotopic (exact) mass is 325 g/mol. The van der Waals surface area contributed by atoms with E-state index in [9.17, 15) is 4.79 Å². The Bertz CT molecular complexity index is 878. The van der Waals surface area contributed by atoms with Crippen LogP contribution in [0.4, 0.5) is 5.82 Å². The van der Waals surface area contributed by atoms with Gasteiger partial charge in [-0.1, -0.05) is 0 Å². The largest absolute Gasteiger partial charge is 0.443 e. The van der Waals surface area contributed by atoms with Gasteiger partial charge in [-0.3, -0.25) is 4.79 Å². The number of amides is 1.